The third-order valence-electron chi connectivity index (χ3n) is 3.00. The average molecular weight is 280 g/mol. The van der Waals surface area contributed by atoms with Gasteiger partial charge in [0.05, 0.1) is 12.7 Å². The smallest absolute Gasteiger partial charge is 0.321 e. The summed E-state index contributed by atoms with van der Waals surface area (Å²) in [5.74, 6) is 0. The van der Waals surface area contributed by atoms with Gasteiger partial charge in [-0.2, -0.15) is 0 Å². The SMILES string of the molecule is CCOCCN(CC)C(=O)Nc1cccc(C(C)O)c1. The van der Waals surface area contributed by atoms with E-state index in [-0.39, 0.29) is 6.03 Å². The van der Waals surface area contributed by atoms with Crippen LogP contribution in [-0.4, -0.2) is 42.3 Å². The standard InChI is InChI=1S/C15H24N2O3/c1-4-17(9-10-20-5-2)15(19)16-14-8-6-7-13(11-14)12(3)18/h6-8,11-12,18H,4-5,9-10H2,1-3H3,(H,16,19). The number of aliphatic hydroxyl groups is 1. The van der Waals surface area contributed by atoms with E-state index in [0.717, 1.165) is 5.56 Å². The molecule has 1 aromatic carbocycles. The van der Waals surface area contributed by atoms with E-state index < -0.39 is 6.10 Å². The highest BCUT2D eigenvalue weighted by Gasteiger charge is 2.12. The first-order valence-corrected chi connectivity index (χ1v) is 7.00. The maximum absolute atomic E-state index is 12.1. The number of anilines is 1. The molecule has 0 saturated carbocycles. The second-order valence-electron chi connectivity index (χ2n) is 4.51. The molecule has 0 heterocycles. The minimum absolute atomic E-state index is 0.157. The molecule has 0 aliphatic heterocycles. The molecule has 0 spiro atoms. The lowest BCUT2D eigenvalue weighted by molar-refractivity contribution is 0.123. The van der Waals surface area contributed by atoms with E-state index in [0.29, 0.717) is 32.0 Å². The number of nitrogens with zero attached hydrogens (tertiary/aromatic N) is 1. The highest BCUT2D eigenvalue weighted by Crippen LogP contribution is 2.17. The van der Waals surface area contributed by atoms with Gasteiger partial charge in [0, 0.05) is 25.4 Å². The first kappa shape index (κ1) is 16.5. The van der Waals surface area contributed by atoms with Gasteiger partial charge in [0.2, 0.25) is 0 Å². The third-order valence-corrected chi connectivity index (χ3v) is 3.00. The second kappa shape index (κ2) is 8.55. The second-order valence-corrected chi connectivity index (χ2v) is 4.51. The molecule has 1 aromatic rings. The molecule has 20 heavy (non-hydrogen) atoms. The molecule has 5 heteroatoms. The predicted octanol–water partition coefficient (Wildman–Crippen LogP) is 2.63. The quantitative estimate of drug-likeness (QED) is 0.755. The van der Waals surface area contributed by atoms with Crippen LogP contribution in [0.5, 0.6) is 0 Å². The van der Waals surface area contributed by atoms with Crippen molar-refractivity contribution in [2.24, 2.45) is 0 Å². The van der Waals surface area contributed by atoms with Gasteiger partial charge in [0.1, 0.15) is 0 Å². The van der Waals surface area contributed by atoms with Gasteiger partial charge < -0.3 is 20.1 Å². The van der Waals surface area contributed by atoms with Gasteiger partial charge in [0.25, 0.3) is 0 Å². The number of benzene rings is 1. The van der Waals surface area contributed by atoms with Gasteiger partial charge in [-0.25, -0.2) is 4.79 Å². The molecule has 2 N–H and O–H groups in total. The summed E-state index contributed by atoms with van der Waals surface area (Å²) in [4.78, 5) is 13.8. The van der Waals surface area contributed by atoms with Gasteiger partial charge in [0.15, 0.2) is 0 Å². The Labute approximate surface area is 120 Å². The lowest BCUT2D eigenvalue weighted by Crippen LogP contribution is -2.37. The molecule has 0 aliphatic carbocycles. The summed E-state index contributed by atoms with van der Waals surface area (Å²) in [5.41, 5.74) is 1.46. The van der Waals surface area contributed by atoms with E-state index in [4.69, 9.17) is 4.74 Å². The van der Waals surface area contributed by atoms with Crippen LogP contribution in [-0.2, 0) is 4.74 Å². The van der Waals surface area contributed by atoms with Crippen molar-refractivity contribution in [3.63, 3.8) is 0 Å². The Bertz CT molecular complexity index is 421. The fourth-order valence-electron chi connectivity index (χ4n) is 1.80. The third kappa shape index (κ3) is 5.19. The van der Waals surface area contributed by atoms with Crippen LogP contribution in [0, 0.1) is 0 Å². The summed E-state index contributed by atoms with van der Waals surface area (Å²) >= 11 is 0. The number of hydrogen-bond acceptors (Lipinski definition) is 3. The summed E-state index contributed by atoms with van der Waals surface area (Å²) in [5, 5.41) is 12.4. The molecule has 0 radical (unpaired) electrons. The van der Waals surface area contributed by atoms with Crippen molar-refractivity contribution in [3.8, 4) is 0 Å². The minimum atomic E-state index is -0.549. The number of rotatable bonds is 7. The van der Waals surface area contributed by atoms with Crippen molar-refractivity contribution in [2.75, 3.05) is 31.6 Å². The Morgan fingerprint density at radius 2 is 2.20 bits per heavy atom. The van der Waals surface area contributed by atoms with E-state index in [9.17, 15) is 9.90 Å². The molecule has 0 bridgehead atoms. The number of amides is 2. The van der Waals surface area contributed by atoms with Crippen molar-refractivity contribution in [1.82, 2.24) is 4.90 Å². The van der Waals surface area contributed by atoms with Crippen LogP contribution >= 0.6 is 0 Å². The zero-order chi connectivity index (χ0) is 15.0. The normalized spacial score (nSPS) is 12.0. The zero-order valence-corrected chi connectivity index (χ0v) is 12.4. The summed E-state index contributed by atoms with van der Waals surface area (Å²) in [6, 6.07) is 7.07. The fourth-order valence-corrected chi connectivity index (χ4v) is 1.80. The topological polar surface area (TPSA) is 61.8 Å². The van der Waals surface area contributed by atoms with E-state index in [1.54, 1.807) is 24.0 Å². The molecule has 1 rings (SSSR count). The highest BCUT2D eigenvalue weighted by molar-refractivity contribution is 5.89. The van der Waals surface area contributed by atoms with Gasteiger partial charge in [-0.3, -0.25) is 0 Å². The number of aliphatic hydroxyl groups excluding tert-OH is 1. The molecular formula is C15H24N2O3. The van der Waals surface area contributed by atoms with Crippen molar-refractivity contribution in [3.05, 3.63) is 29.8 Å². The first-order chi connectivity index (χ1) is 9.58. The molecule has 1 atom stereocenters. The maximum atomic E-state index is 12.1. The Kier molecular flexibility index (Phi) is 7.04. The first-order valence-electron chi connectivity index (χ1n) is 7.00. The maximum Gasteiger partial charge on any atom is 0.321 e. The monoisotopic (exact) mass is 280 g/mol. The molecular weight excluding hydrogens is 256 g/mol. The lowest BCUT2D eigenvalue weighted by Gasteiger charge is -2.21. The van der Waals surface area contributed by atoms with Crippen LogP contribution in [0.25, 0.3) is 0 Å². The van der Waals surface area contributed by atoms with Crippen LogP contribution in [0.15, 0.2) is 24.3 Å². The van der Waals surface area contributed by atoms with Crippen LogP contribution in [0.3, 0.4) is 0 Å². The molecule has 5 nitrogen and oxygen atoms in total. The van der Waals surface area contributed by atoms with E-state index >= 15 is 0 Å². The minimum Gasteiger partial charge on any atom is -0.389 e. The van der Waals surface area contributed by atoms with Crippen LogP contribution in [0.1, 0.15) is 32.4 Å². The number of carbonyl (C=O) groups is 1. The molecule has 0 aromatic heterocycles. The fraction of sp³-hybridized carbons (Fsp3) is 0.533. The van der Waals surface area contributed by atoms with Crippen molar-refractivity contribution in [1.29, 1.82) is 0 Å². The van der Waals surface area contributed by atoms with Crippen molar-refractivity contribution >= 4 is 11.7 Å². The van der Waals surface area contributed by atoms with Crippen LogP contribution in [0.2, 0.25) is 0 Å². The summed E-state index contributed by atoms with van der Waals surface area (Å²) in [6.07, 6.45) is -0.549. The summed E-state index contributed by atoms with van der Waals surface area (Å²) in [7, 11) is 0. The van der Waals surface area contributed by atoms with Crippen molar-refractivity contribution < 1.29 is 14.6 Å². The zero-order valence-electron chi connectivity index (χ0n) is 12.4. The summed E-state index contributed by atoms with van der Waals surface area (Å²) in [6.45, 7) is 7.92. The molecule has 0 saturated heterocycles. The molecule has 0 aliphatic rings. The molecule has 2 amide bonds. The highest BCUT2D eigenvalue weighted by atomic mass is 16.5. The predicted molar refractivity (Wildman–Crippen MR) is 79.8 cm³/mol. The Morgan fingerprint density at radius 1 is 1.45 bits per heavy atom. The van der Waals surface area contributed by atoms with Gasteiger partial charge >= 0.3 is 6.03 Å². The number of nitrogens with one attached hydrogen (secondary N) is 1. The Balaban J connectivity index is 2.61. The average Bonchev–Trinajstić information content (AvgIpc) is 2.43. The number of urea groups is 1. The molecule has 112 valence electrons. The van der Waals surface area contributed by atoms with Crippen LogP contribution < -0.4 is 5.32 Å². The number of carbonyl (C=O) groups excluding carboxylic acids is 1. The number of ether oxygens (including phenoxy) is 1. The van der Waals surface area contributed by atoms with E-state index in [1.807, 2.05) is 26.0 Å². The molecule has 1 unspecified atom stereocenters. The van der Waals surface area contributed by atoms with Crippen molar-refractivity contribution in [2.45, 2.75) is 26.9 Å². The van der Waals surface area contributed by atoms with Gasteiger partial charge in [-0.15, -0.1) is 0 Å². The Morgan fingerprint density at radius 3 is 2.80 bits per heavy atom. The van der Waals surface area contributed by atoms with E-state index in [2.05, 4.69) is 5.32 Å². The lowest BCUT2D eigenvalue weighted by atomic mass is 10.1. The summed E-state index contributed by atoms with van der Waals surface area (Å²) < 4.78 is 5.26. The van der Waals surface area contributed by atoms with Gasteiger partial charge in [-0.05, 0) is 38.5 Å². The largest absolute Gasteiger partial charge is 0.389 e. The molecule has 0 fully saturated rings. The number of likely N-dealkylation sites (N-methyl/N-ethyl adjacent to an activating group) is 1. The number of hydrogen-bond donors (Lipinski definition) is 2. The Hall–Kier alpha value is -1.59. The van der Waals surface area contributed by atoms with Crippen LogP contribution in [0.4, 0.5) is 10.5 Å². The van der Waals surface area contributed by atoms with Gasteiger partial charge in [-0.1, -0.05) is 12.1 Å². The van der Waals surface area contributed by atoms with E-state index in [1.165, 1.54) is 0 Å².